The van der Waals surface area contributed by atoms with E-state index >= 15 is 0 Å². The average molecular weight is 437 g/mol. The molecule has 1 amide bonds. The fourth-order valence-corrected chi connectivity index (χ4v) is 2.67. The zero-order chi connectivity index (χ0) is 19.6. The Hall–Kier alpha value is -2.79. The van der Waals surface area contributed by atoms with E-state index in [4.69, 9.17) is 19.5 Å². The van der Waals surface area contributed by atoms with Gasteiger partial charge in [0.25, 0.3) is 5.91 Å². The Morgan fingerprint density at radius 3 is 2.63 bits per heavy atom. The van der Waals surface area contributed by atoms with E-state index in [0.717, 1.165) is 0 Å². The van der Waals surface area contributed by atoms with Crippen LogP contribution < -0.4 is 19.5 Å². The third-order valence-corrected chi connectivity index (χ3v) is 3.88. The first-order valence-electron chi connectivity index (χ1n) is 8.17. The highest BCUT2D eigenvalue weighted by Gasteiger charge is 2.14. The molecule has 0 heterocycles. The number of nitrogens with one attached hydrogen (secondary N) is 1. The molecule has 0 aliphatic rings. The van der Waals surface area contributed by atoms with Crippen molar-refractivity contribution in [3.63, 3.8) is 0 Å². The second-order valence-corrected chi connectivity index (χ2v) is 6.13. The Morgan fingerprint density at radius 1 is 1.22 bits per heavy atom. The first-order chi connectivity index (χ1) is 13.0. The highest BCUT2D eigenvalue weighted by atomic mass is 79.9. The van der Waals surface area contributed by atoms with Gasteiger partial charge in [-0.3, -0.25) is 4.79 Å². The van der Waals surface area contributed by atoms with Crippen molar-refractivity contribution in [1.82, 2.24) is 5.32 Å². The van der Waals surface area contributed by atoms with Gasteiger partial charge in [-0.2, -0.15) is 5.26 Å². The van der Waals surface area contributed by atoms with E-state index < -0.39 is 0 Å². The summed E-state index contributed by atoms with van der Waals surface area (Å²) in [6.07, 6.45) is 0. The van der Waals surface area contributed by atoms with Crippen LogP contribution in [0.4, 0.5) is 4.39 Å². The Bertz CT molecular complexity index is 822. The number of halogens is 2. The largest absolute Gasteiger partial charge is 0.492 e. The maximum Gasteiger partial charge on any atom is 0.258 e. The van der Waals surface area contributed by atoms with Gasteiger partial charge in [0.1, 0.15) is 18.2 Å². The van der Waals surface area contributed by atoms with Gasteiger partial charge in [-0.05, 0) is 53.2 Å². The number of hydrogen-bond acceptors (Lipinski definition) is 5. The lowest BCUT2D eigenvalue weighted by Crippen LogP contribution is -2.32. The minimum Gasteiger partial charge on any atom is -0.492 e. The molecule has 2 aromatic carbocycles. The number of benzene rings is 2. The molecule has 1 N–H and O–H groups in total. The van der Waals surface area contributed by atoms with Gasteiger partial charge in [0.2, 0.25) is 0 Å². The number of rotatable bonds is 9. The van der Waals surface area contributed by atoms with E-state index in [-0.39, 0.29) is 31.5 Å². The fourth-order valence-electron chi connectivity index (χ4n) is 2.11. The molecular formula is C19H18BrFN2O4. The molecule has 0 radical (unpaired) electrons. The molecule has 0 spiro atoms. The summed E-state index contributed by atoms with van der Waals surface area (Å²) in [6.45, 7) is 2.49. The molecule has 0 aliphatic carbocycles. The van der Waals surface area contributed by atoms with Crippen LogP contribution in [0.25, 0.3) is 0 Å². The third kappa shape index (κ3) is 6.46. The van der Waals surface area contributed by atoms with Gasteiger partial charge in [-0.15, -0.1) is 0 Å². The van der Waals surface area contributed by atoms with Gasteiger partial charge < -0.3 is 19.5 Å². The molecule has 0 atom stereocenters. The van der Waals surface area contributed by atoms with Gasteiger partial charge in [-0.1, -0.05) is 0 Å². The summed E-state index contributed by atoms with van der Waals surface area (Å²) in [4.78, 5) is 11.9. The molecule has 0 bridgehead atoms. The van der Waals surface area contributed by atoms with E-state index in [0.29, 0.717) is 33.9 Å². The lowest BCUT2D eigenvalue weighted by molar-refractivity contribution is -0.123. The van der Waals surface area contributed by atoms with Crippen molar-refractivity contribution in [3.05, 3.63) is 52.3 Å². The molecule has 6 nitrogen and oxygen atoms in total. The normalized spacial score (nSPS) is 10.0. The molecule has 2 aromatic rings. The number of carbonyl (C=O) groups excluding carboxylic acids is 1. The van der Waals surface area contributed by atoms with Crippen molar-refractivity contribution in [1.29, 1.82) is 5.26 Å². The summed E-state index contributed by atoms with van der Waals surface area (Å²) < 4.78 is 29.7. The molecule has 8 heteroatoms. The third-order valence-electron chi connectivity index (χ3n) is 3.29. The van der Waals surface area contributed by atoms with Crippen LogP contribution in [0, 0.1) is 17.1 Å². The standard InChI is InChI=1S/C19H18BrFN2O4/c1-2-25-17-10-13(11-22)9-16(20)19(17)27-12-18(24)23-7-8-26-15-5-3-14(21)4-6-15/h3-6,9-10H,2,7-8,12H2,1H3,(H,23,24). The number of nitrogens with zero attached hydrogens (tertiary/aromatic N) is 1. The van der Waals surface area contributed by atoms with Crippen LogP contribution in [-0.4, -0.2) is 32.3 Å². The fraction of sp³-hybridized carbons (Fsp3) is 0.263. The quantitative estimate of drug-likeness (QED) is 0.608. The summed E-state index contributed by atoms with van der Waals surface area (Å²) in [5, 5.41) is 11.7. The summed E-state index contributed by atoms with van der Waals surface area (Å²) in [7, 11) is 0. The molecule has 0 saturated heterocycles. The summed E-state index contributed by atoms with van der Waals surface area (Å²) in [5.41, 5.74) is 0.417. The van der Waals surface area contributed by atoms with Crippen LogP contribution in [0.15, 0.2) is 40.9 Å². The van der Waals surface area contributed by atoms with Crippen molar-refractivity contribution in [2.75, 3.05) is 26.4 Å². The van der Waals surface area contributed by atoms with Crippen LogP contribution in [0.3, 0.4) is 0 Å². The van der Waals surface area contributed by atoms with Crippen LogP contribution in [0.2, 0.25) is 0 Å². The topological polar surface area (TPSA) is 80.6 Å². The minimum atomic E-state index is -0.340. The Balaban J connectivity index is 1.81. The number of amides is 1. The highest BCUT2D eigenvalue weighted by Crippen LogP contribution is 2.36. The SMILES string of the molecule is CCOc1cc(C#N)cc(Br)c1OCC(=O)NCCOc1ccc(F)cc1. The van der Waals surface area contributed by atoms with Gasteiger partial charge in [0, 0.05) is 6.07 Å². The molecule has 0 aliphatic heterocycles. The molecule has 142 valence electrons. The average Bonchev–Trinajstić information content (AvgIpc) is 2.66. The van der Waals surface area contributed by atoms with E-state index in [1.807, 2.05) is 13.0 Å². The maximum absolute atomic E-state index is 12.8. The number of nitriles is 1. The molecule has 0 fully saturated rings. The smallest absolute Gasteiger partial charge is 0.258 e. The van der Waals surface area contributed by atoms with E-state index in [2.05, 4.69) is 21.2 Å². The second-order valence-electron chi connectivity index (χ2n) is 5.27. The van der Waals surface area contributed by atoms with Crippen molar-refractivity contribution in [2.24, 2.45) is 0 Å². The number of ether oxygens (including phenoxy) is 3. The Labute approximate surface area is 165 Å². The Kier molecular flexibility index (Phi) is 7.89. The number of carbonyl (C=O) groups is 1. The lowest BCUT2D eigenvalue weighted by atomic mass is 10.2. The summed E-state index contributed by atoms with van der Waals surface area (Å²) in [5.74, 6) is 0.582. The van der Waals surface area contributed by atoms with Crippen molar-refractivity contribution >= 4 is 21.8 Å². The van der Waals surface area contributed by atoms with Crippen LogP contribution in [0.1, 0.15) is 12.5 Å². The van der Waals surface area contributed by atoms with E-state index in [1.165, 1.54) is 24.3 Å². The summed E-state index contributed by atoms with van der Waals surface area (Å²) >= 11 is 3.32. The molecular weight excluding hydrogens is 419 g/mol. The predicted molar refractivity (Wildman–Crippen MR) is 100 cm³/mol. The first kappa shape index (κ1) is 20.5. The van der Waals surface area contributed by atoms with Gasteiger partial charge in [0.15, 0.2) is 18.1 Å². The van der Waals surface area contributed by atoms with Crippen LogP contribution >= 0.6 is 15.9 Å². The Morgan fingerprint density at radius 2 is 1.96 bits per heavy atom. The zero-order valence-corrected chi connectivity index (χ0v) is 16.2. The van der Waals surface area contributed by atoms with E-state index in [9.17, 15) is 9.18 Å². The van der Waals surface area contributed by atoms with Crippen LogP contribution in [0.5, 0.6) is 17.2 Å². The molecule has 0 unspecified atom stereocenters. The van der Waals surface area contributed by atoms with Crippen molar-refractivity contribution < 1.29 is 23.4 Å². The maximum atomic E-state index is 12.8. The van der Waals surface area contributed by atoms with Crippen molar-refractivity contribution in [3.8, 4) is 23.3 Å². The lowest BCUT2D eigenvalue weighted by Gasteiger charge is -2.14. The monoisotopic (exact) mass is 436 g/mol. The second kappa shape index (κ2) is 10.4. The van der Waals surface area contributed by atoms with Crippen molar-refractivity contribution in [2.45, 2.75) is 6.92 Å². The van der Waals surface area contributed by atoms with Gasteiger partial charge in [-0.25, -0.2) is 4.39 Å². The predicted octanol–water partition coefficient (Wildman–Crippen LogP) is 3.43. The first-order valence-corrected chi connectivity index (χ1v) is 8.97. The van der Waals surface area contributed by atoms with Gasteiger partial charge >= 0.3 is 0 Å². The molecule has 0 saturated carbocycles. The summed E-state index contributed by atoms with van der Waals surface area (Å²) in [6, 6.07) is 10.8. The highest BCUT2D eigenvalue weighted by molar-refractivity contribution is 9.10. The van der Waals surface area contributed by atoms with Gasteiger partial charge in [0.05, 0.1) is 29.3 Å². The molecule has 27 heavy (non-hydrogen) atoms. The van der Waals surface area contributed by atoms with E-state index in [1.54, 1.807) is 12.1 Å². The number of hydrogen-bond donors (Lipinski definition) is 1. The molecule has 2 rings (SSSR count). The molecule has 0 aromatic heterocycles. The zero-order valence-electron chi connectivity index (χ0n) is 14.6. The minimum absolute atomic E-state index is 0.221. The van der Waals surface area contributed by atoms with Crippen LogP contribution in [-0.2, 0) is 4.79 Å².